The van der Waals surface area contributed by atoms with Gasteiger partial charge in [0, 0.05) is 24.2 Å². The number of amides is 1. The van der Waals surface area contributed by atoms with Crippen LogP contribution in [0.1, 0.15) is 26.3 Å². The lowest BCUT2D eigenvalue weighted by Gasteiger charge is -2.00. The zero-order valence-corrected chi connectivity index (χ0v) is 13.4. The molecule has 6 nitrogen and oxygen atoms in total. The second-order valence-electron chi connectivity index (χ2n) is 4.82. The molecule has 0 radical (unpaired) electrons. The molecule has 0 heterocycles. The van der Waals surface area contributed by atoms with Crippen molar-refractivity contribution in [1.29, 1.82) is 0 Å². The maximum absolute atomic E-state index is 12.1. The van der Waals surface area contributed by atoms with Crippen molar-refractivity contribution < 1.29 is 14.5 Å². The normalized spacial score (nSPS) is 10.6. The van der Waals surface area contributed by atoms with Gasteiger partial charge in [0.15, 0.2) is 5.78 Å². The number of carbonyl (C=O) groups excluding carboxylic acids is 2. The summed E-state index contributed by atoms with van der Waals surface area (Å²) in [5.41, 5.74) is 1.09. The molecule has 122 valence electrons. The van der Waals surface area contributed by atoms with Crippen LogP contribution in [0.2, 0.25) is 5.02 Å². The Labute approximate surface area is 142 Å². The largest absolute Gasteiger partial charge is 0.355 e. The Hall–Kier alpha value is -2.99. The van der Waals surface area contributed by atoms with Gasteiger partial charge in [0.2, 0.25) is 0 Å². The molecule has 0 bridgehead atoms. The van der Waals surface area contributed by atoms with Crippen molar-refractivity contribution in [2.45, 2.75) is 0 Å². The zero-order chi connectivity index (χ0) is 17.7. The second-order valence-corrected chi connectivity index (χ2v) is 5.23. The fourth-order valence-corrected chi connectivity index (χ4v) is 2.15. The molecule has 0 aliphatic heterocycles. The summed E-state index contributed by atoms with van der Waals surface area (Å²) in [5, 5.41) is 13.3. The highest BCUT2D eigenvalue weighted by Crippen LogP contribution is 2.25. The summed E-state index contributed by atoms with van der Waals surface area (Å²) in [4.78, 5) is 33.8. The monoisotopic (exact) mass is 344 g/mol. The SMILES string of the molecule is CNC(=O)c1ccc(/C=C/C(=O)c2ccc(Cl)c([N+](=O)[O-])c2)cc1. The van der Waals surface area contributed by atoms with E-state index < -0.39 is 4.92 Å². The Morgan fingerprint density at radius 2 is 1.75 bits per heavy atom. The molecule has 1 N–H and O–H groups in total. The summed E-state index contributed by atoms with van der Waals surface area (Å²) in [6.45, 7) is 0. The summed E-state index contributed by atoms with van der Waals surface area (Å²) in [6.07, 6.45) is 2.87. The molecule has 2 rings (SSSR count). The van der Waals surface area contributed by atoms with Crippen molar-refractivity contribution in [2.75, 3.05) is 7.05 Å². The van der Waals surface area contributed by atoms with Gasteiger partial charge in [-0.2, -0.15) is 0 Å². The first kappa shape index (κ1) is 17.4. The van der Waals surface area contributed by atoms with E-state index in [-0.39, 0.29) is 28.0 Å². The summed E-state index contributed by atoms with van der Waals surface area (Å²) in [7, 11) is 1.54. The lowest BCUT2D eigenvalue weighted by molar-refractivity contribution is -0.384. The van der Waals surface area contributed by atoms with Gasteiger partial charge >= 0.3 is 0 Å². The highest BCUT2D eigenvalue weighted by Gasteiger charge is 2.15. The van der Waals surface area contributed by atoms with E-state index in [9.17, 15) is 19.7 Å². The van der Waals surface area contributed by atoms with Crippen molar-refractivity contribution in [3.63, 3.8) is 0 Å². The van der Waals surface area contributed by atoms with Gasteiger partial charge in [-0.15, -0.1) is 0 Å². The van der Waals surface area contributed by atoms with Crippen LogP contribution in [0.5, 0.6) is 0 Å². The third kappa shape index (κ3) is 4.05. The average molecular weight is 345 g/mol. The minimum absolute atomic E-state index is 0.0229. The number of nitro benzene ring substituents is 1. The lowest BCUT2D eigenvalue weighted by atomic mass is 10.1. The minimum Gasteiger partial charge on any atom is -0.355 e. The van der Waals surface area contributed by atoms with Crippen LogP contribution >= 0.6 is 11.6 Å². The number of carbonyl (C=O) groups is 2. The van der Waals surface area contributed by atoms with Gasteiger partial charge in [0.1, 0.15) is 5.02 Å². The first-order valence-electron chi connectivity index (χ1n) is 6.91. The summed E-state index contributed by atoms with van der Waals surface area (Å²) < 4.78 is 0. The van der Waals surface area contributed by atoms with Gasteiger partial charge < -0.3 is 5.32 Å². The van der Waals surface area contributed by atoms with E-state index >= 15 is 0 Å². The van der Waals surface area contributed by atoms with Crippen LogP contribution in [-0.2, 0) is 0 Å². The van der Waals surface area contributed by atoms with Crippen LogP contribution in [0, 0.1) is 10.1 Å². The Bertz CT molecular complexity index is 829. The maximum atomic E-state index is 12.1. The van der Waals surface area contributed by atoms with Gasteiger partial charge in [0.05, 0.1) is 4.92 Å². The van der Waals surface area contributed by atoms with Crippen molar-refractivity contribution >= 4 is 35.1 Å². The van der Waals surface area contributed by atoms with Gasteiger partial charge in [-0.3, -0.25) is 19.7 Å². The highest BCUT2D eigenvalue weighted by atomic mass is 35.5. The van der Waals surface area contributed by atoms with Crippen LogP contribution < -0.4 is 5.32 Å². The first-order valence-corrected chi connectivity index (χ1v) is 7.28. The van der Waals surface area contributed by atoms with Crippen molar-refractivity contribution in [3.8, 4) is 0 Å². The predicted octanol–water partition coefficient (Wildman–Crippen LogP) is 3.50. The Morgan fingerprint density at radius 3 is 2.33 bits per heavy atom. The summed E-state index contributed by atoms with van der Waals surface area (Å²) in [5.74, 6) is -0.583. The molecule has 0 fully saturated rings. The molecule has 0 atom stereocenters. The molecule has 0 saturated heterocycles. The molecule has 0 saturated carbocycles. The molecule has 0 aliphatic rings. The van der Waals surface area contributed by atoms with Crippen molar-refractivity contribution in [2.24, 2.45) is 0 Å². The average Bonchev–Trinajstić information content (AvgIpc) is 2.59. The molecule has 0 aliphatic carbocycles. The lowest BCUT2D eigenvalue weighted by Crippen LogP contribution is -2.17. The van der Waals surface area contributed by atoms with E-state index in [4.69, 9.17) is 11.6 Å². The topological polar surface area (TPSA) is 89.3 Å². The van der Waals surface area contributed by atoms with E-state index in [0.717, 1.165) is 11.6 Å². The molecule has 0 aromatic heterocycles. The molecule has 24 heavy (non-hydrogen) atoms. The number of halogens is 1. The summed E-state index contributed by atoms with van der Waals surface area (Å²) in [6, 6.07) is 10.5. The van der Waals surface area contributed by atoms with E-state index in [1.54, 1.807) is 37.4 Å². The van der Waals surface area contributed by atoms with Crippen molar-refractivity contribution in [1.82, 2.24) is 5.32 Å². The van der Waals surface area contributed by atoms with Crippen molar-refractivity contribution in [3.05, 3.63) is 80.4 Å². The maximum Gasteiger partial charge on any atom is 0.288 e. The molecule has 1 amide bonds. The van der Waals surface area contributed by atoms with Gasteiger partial charge in [-0.1, -0.05) is 29.8 Å². The van der Waals surface area contributed by atoms with E-state index in [1.165, 1.54) is 18.2 Å². The summed E-state index contributed by atoms with van der Waals surface area (Å²) >= 11 is 5.72. The molecular formula is C17H13ClN2O4. The number of allylic oxidation sites excluding steroid dienone is 1. The predicted molar refractivity (Wildman–Crippen MR) is 91.3 cm³/mol. The van der Waals surface area contributed by atoms with E-state index in [2.05, 4.69) is 5.32 Å². The van der Waals surface area contributed by atoms with Gasteiger partial charge in [-0.25, -0.2) is 0 Å². The van der Waals surface area contributed by atoms with Crippen LogP contribution in [0.3, 0.4) is 0 Å². The number of nitrogens with zero attached hydrogens (tertiary/aromatic N) is 1. The standard InChI is InChI=1S/C17H13ClN2O4/c1-19-17(22)12-5-2-11(3-6-12)4-9-16(21)13-7-8-14(18)15(10-13)20(23)24/h2-10H,1H3,(H,19,22)/b9-4+. The number of benzene rings is 2. The Balaban J connectivity index is 2.17. The smallest absolute Gasteiger partial charge is 0.288 e. The van der Waals surface area contributed by atoms with Gasteiger partial charge in [0.25, 0.3) is 11.6 Å². The number of hydrogen-bond acceptors (Lipinski definition) is 4. The third-order valence-corrected chi connectivity index (χ3v) is 3.57. The van der Waals surface area contributed by atoms with E-state index in [0.29, 0.717) is 5.56 Å². The van der Waals surface area contributed by atoms with Gasteiger partial charge in [-0.05, 0) is 35.9 Å². The quantitative estimate of drug-likeness (QED) is 0.389. The first-order chi connectivity index (χ1) is 11.4. The minimum atomic E-state index is -0.639. The number of ketones is 1. The van der Waals surface area contributed by atoms with Crippen LogP contribution in [0.4, 0.5) is 5.69 Å². The highest BCUT2D eigenvalue weighted by molar-refractivity contribution is 6.32. The molecule has 7 heteroatoms. The number of nitro groups is 1. The molecule has 2 aromatic carbocycles. The number of nitrogens with one attached hydrogen (secondary N) is 1. The molecular weight excluding hydrogens is 332 g/mol. The van der Waals surface area contributed by atoms with Crippen LogP contribution in [0.15, 0.2) is 48.5 Å². The second kappa shape index (κ2) is 7.52. The van der Waals surface area contributed by atoms with Crippen LogP contribution in [0.25, 0.3) is 6.08 Å². The third-order valence-electron chi connectivity index (χ3n) is 3.25. The van der Waals surface area contributed by atoms with E-state index in [1.807, 2.05) is 0 Å². The molecule has 0 spiro atoms. The fraction of sp³-hybridized carbons (Fsp3) is 0.0588. The zero-order valence-electron chi connectivity index (χ0n) is 12.7. The Kier molecular flexibility index (Phi) is 5.44. The number of rotatable bonds is 5. The molecule has 0 unspecified atom stereocenters. The number of hydrogen-bond donors (Lipinski definition) is 1. The molecule has 2 aromatic rings. The van der Waals surface area contributed by atoms with Crippen LogP contribution in [-0.4, -0.2) is 23.7 Å². The fourth-order valence-electron chi connectivity index (χ4n) is 1.96. The Morgan fingerprint density at radius 1 is 1.12 bits per heavy atom.